The Labute approximate surface area is 95.8 Å². The quantitative estimate of drug-likeness (QED) is 0.703. The smallest absolute Gasteiger partial charge is 0.237 e. The predicted molar refractivity (Wildman–Crippen MR) is 64.1 cm³/mol. The van der Waals surface area contributed by atoms with Crippen LogP contribution < -0.4 is 10.6 Å². The van der Waals surface area contributed by atoms with Crippen molar-refractivity contribution in [1.29, 1.82) is 0 Å². The fraction of sp³-hybridized carbons (Fsp3) is 0.909. The lowest BCUT2D eigenvalue weighted by Gasteiger charge is -2.45. The number of hydrogen-bond donors (Lipinski definition) is 2. The van der Waals surface area contributed by atoms with Crippen LogP contribution in [0.15, 0.2) is 0 Å². The largest absolute Gasteiger partial charge is 0.353 e. The van der Waals surface area contributed by atoms with Crippen molar-refractivity contribution in [3.05, 3.63) is 0 Å². The SMILES string of the molecule is CC(C)C1NC2(CCCSC2)CNC1=O. The fourth-order valence-corrected chi connectivity index (χ4v) is 3.60. The van der Waals surface area contributed by atoms with E-state index in [9.17, 15) is 4.79 Å². The van der Waals surface area contributed by atoms with Gasteiger partial charge in [-0.1, -0.05) is 13.8 Å². The van der Waals surface area contributed by atoms with Gasteiger partial charge >= 0.3 is 0 Å². The van der Waals surface area contributed by atoms with E-state index in [1.165, 1.54) is 18.6 Å². The molecule has 86 valence electrons. The molecule has 2 saturated heterocycles. The second-order valence-corrected chi connectivity index (χ2v) is 6.13. The van der Waals surface area contributed by atoms with Gasteiger partial charge in [0.2, 0.25) is 5.91 Å². The van der Waals surface area contributed by atoms with E-state index in [2.05, 4.69) is 24.5 Å². The molecule has 0 radical (unpaired) electrons. The molecule has 0 aromatic rings. The van der Waals surface area contributed by atoms with Crippen LogP contribution in [0, 0.1) is 5.92 Å². The van der Waals surface area contributed by atoms with Crippen molar-refractivity contribution in [3.8, 4) is 0 Å². The van der Waals surface area contributed by atoms with Crippen LogP contribution in [0.2, 0.25) is 0 Å². The van der Waals surface area contributed by atoms with Crippen LogP contribution in [0.4, 0.5) is 0 Å². The summed E-state index contributed by atoms with van der Waals surface area (Å²) in [5.74, 6) is 2.94. The van der Waals surface area contributed by atoms with Crippen LogP contribution in [-0.4, -0.2) is 35.5 Å². The molecule has 15 heavy (non-hydrogen) atoms. The molecule has 1 amide bonds. The Morgan fingerprint density at radius 2 is 2.33 bits per heavy atom. The molecule has 2 aliphatic rings. The third-order valence-electron chi connectivity index (χ3n) is 3.33. The average molecular weight is 228 g/mol. The molecule has 3 nitrogen and oxygen atoms in total. The fourth-order valence-electron chi connectivity index (χ4n) is 2.39. The Morgan fingerprint density at radius 3 is 2.93 bits per heavy atom. The standard InChI is InChI=1S/C11H20N2OS/c1-8(2)9-10(14)12-6-11(13-9)4-3-5-15-7-11/h8-9,13H,3-7H2,1-2H3,(H,12,14). The van der Waals surface area contributed by atoms with E-state index in [0.29, 0.717) is 5.92 Å². The van der Waals surface area contributed by atoms with E-state index < -0.39 is 0 Å². The van der Waals surface area contributed by atoms with Crippen LogP contribution in [0.5, 0.6) is 0 Å². The van der Waals surface area contributed by atoms with Gasteiger partial charge in [-0.3, -0.25) is 10.1 Å². The number of nitrogens with one attached hydrogen (secondary N) is 2. The summed E-state index contributed by atoms with van der Waals surface area (Å²) in [6, 6.07) is -0.00236. The highest BCUT2D eigenvalue weighted by atomic mass is 32.2. The van der Waals surface area contributed by atoms with Gasteiger partial charge in [-0.25, -0.2) is 0 Å². The summed E-state index contributed by atoms with van der Waals surface area (Å²) in [6.45, 7) is 5.01. The van der Waals surface area contributed by atoms with Gasteiger partial charge in [-0.2, -0.15) is 11.8 Å². The van der Waals surface area contributed by atoms with Crippen molar-refractivity contribution in [2.75, 3.05) is 18.1 Å². The summed E-state index contributed by atoms with van der Waals surface area (Å²) < 4.78 is 0. The van der Waals surface area contributed by atoms with Gasteiger partial charge in [0.1, 0.15) is 0 Å². The van der Waals surface area contributed by atoms with Crippen LogP contribution in [-0.2, 0) is 4.79 Å². The normalized spacial score (nSPS) is 37.0. The summed E-state index contributed by atoms with van der Waals surface area (Å²) in [7, 11) is 0. The maximum atomic E-state index is 11.7. The second kappa shape index (κ2) is 4.34. The number of hydrogen-bond acceptors (Lipinski definition) is 3. The molecule has 0 saturated carbocycles. The average Bonchev–Trinajstić information content (AvgIpc) is 2.23. The van der Waals surface area contributed by atoms with E-state index in [0.717, 1.165) is 12.3 Å². The zero-order valence-electron chi connectivity index (χ0n) is 9.51. The molecular weight excluding hydrogens is 208 g/mol. The van der Waals surface area contributed by atoms with Gasteiger partial charge in [0.05, 0.1) is 6.04 Å². The predicted octanol–water partition coefficient (Wildman–Crippen LogP) is 0.996. The highest BCUT2D eigenvalue weighted by Crippen LogP contribution is 2.29. The maximum absolute atomic E-state index is 11.7. The maximum Gasteiger partial charge on any atom is 0.237 e. The van der Waals surface area contributed by atoms with Crippen molar-refractivity contribution in [2.45, 2.75) is 38.3 Å². The van der Waals surface area contributed by atoms with E-state index in [-0.39, 0.29) is 17.5 Å². The highest BCUT2D eigenvalue weighted by Gasteiger charge is 2.41. The zero-order valence-corrected chi connectivity index (χ0v) is 10.3. The zero-order chi connectivity index (χ0) is 10.9. The van der Waals surface area contributed by atoms with Gasteiger partial charge in [-0.05, 0) is 24.5 Å². The molecule has 2 N–H and O–H groups in total. The van der Waals surface area contributed by atoms with Crippen LogP contribution >= 0.6 is 11.8 Å². The van der Waals surface area contributed by atoms with Crippen molar-refractivity contribution in [3.63, 3.8) is 0 Å². The van der Waals surface area contributed by atoms with Gasteiger partial charge in [0, 0.05) is 17.8 Å². The Balaban J connectivity index is 2.06. The first kappa shape index (κ1) is 11.3. The summed E-state index contributed by atoms with van der Waals surface area (Å²) in [4.78, 5) is 11.7. The number of piperazine rings is 1. The Kier molecular flexibility index (Phi) is 3.26. The summed E-state index contributed by atoms with van der Waals surface area (Å²) in [5.41, 5.74) is 0.172. The minimum Gasteiger partial charge on any atom is -0.353 e. The van der Waals surface area contributed by atoms with Gasteiger partial charge in [0.25, 0.3) is 0 Å². The number of carbonyl (C=O) groups is 1. The Hall–Kier alpha value is -0.220. The molecule has 2 unspecified atom stereocenters. The molecule has 2 fully saturated rings. The first-order chi connectivity index (χ1) is 7.13. The number of amides is 1. The van der Waals surface area contributed by atoms with Crippen molar-refractivity contribution in [1.82, 2.24) is 10.6 Å². The molecule has 2 atom stereocenters. The molecule has 2 heterocycles. The number of thioether (sulfide) groups is 1. The lowest BCUT2D eigenvalue weighted by Crippen LogP contribution is -2.69. The first-order valence-corrected chi connectivity index (χ1v) is 6.92. The van der Waals surface area contributed by atoms with Crippen LogP contribution in [0.3, 0.4) is 0 Å². The Morgan fingerprint density at radius 1 is 1.53 bits per heavy atom. The molecule has 4 heteroatoms. The molecule has 0 aromatic heterocycles. The van der Waals surface area contributed by atoms with E-state index in [1.807, 2.05) is 11.8 Å². The minimum atomic E-state index is -0.00236. The number of rotatable bonds is 1. The third kappa shape index (κ3) is 2.31. The molecule has 0 bridgehead atoms. The highest BCUT2D eigenvalue weighted by molar-refractivity contribution is 7.99. The lowest BCUT2D eigenvalue weighted by atomic mass is 9.88. The van der Waals surface area contributed by atoms with Gasteiger partial charge in [0.15, 0.2) is 0 Å². The summed E-state index contributed by atoms with van der Waals surface area (Å²) in [5, 5.41) is 6.64. The van der Waals surface area contributed by atoms with Crippen LogP contribution in [0.1, 0.15) is 26.7 Å². The summed E-state index contributed by atoms with van der Waals surface area (Å²) in [6.07, 6.45) is 2.46. The molecule has 2 rings (SSSR count). The second-order valence-electron chi connectivity index (χ2n) is 5.02. The third-order valence-corrected chi connectivity index (χ3v) is 4.67. The molecular formula is C11H20N2OS. The molecule has 0 aromatic carbocycles. The van der Waals surface area contributed by atoms with E-state index >= 15 is 0 Å². The lowest BCUT2D eigenvalue weighted by molar-refractivity contribution is -0.127. The van der Waals surface area contributed by atoms with Crippen molar-refractivity contribution < 1.29 is 4.79 Å². The molecule has 0 aliphatic carbocycles. The molecule has 2 aliphatic heterocycles. The molecule has 1 spiro atoms. The van der Waals surface area contributed by atoms with Crippen molar-refractivity contribution >= 4 is 17.7 Å². The minimum absolute atomic E-state index is 0.00236. The van der Waals surface area contributed by atoms with Gasteiger partial charge < -0.3 is 5.32 Å². The topological polar surface area (TPSA) is 41.1 Å². The Bertz CT molecular complexity index is 249. The monoisotopic (exact) mass is 228 g/mol. The van der Waals surface area contributed by atoms with Gasteiger partial charge in [-0.15, -0.1) is 0 Å². The van der Waals surface area contributed by atoms with E-state index in [1.54, 1.807) is 0 Å². The number of carbonyl (C=O) groups excluding carboxylic acids is 1. The first-order valence-electron chi connectivity index (χ1n) is 5.76. The summed E-state index contributed by atoms with van der Waals surface area (Å²) >= 11 is 2.00. The van der Waals surface area contributed by atoms with E-state index in [4.69, 9.17) is 0 Å². The van der Waals surface area contributed by atoms with Crippen molar-refractivity contribution in [2.24, 2.45) is 5.92 Å². The van der Waals surface area contributed by atoms with Crippen LogP contribution in [0.25, 0.3) is 0 Å².